The summed E-state index contributed by atoms with van der Waals surface area (Å²) in [5, 5.41) is 53.6. The molecule has 0 aromatic rings. The first kappa shape index (κ1) is 18.8. The maximum absolute atomic E-state index is 13.4. The van der Waals surface area contributed by atoms with E-state index in [9.17, 15) is 30.3 Å². The zero-order valence-electron chi connectivity index (χ0n) is 15.6. The summed E-state index contributed by atoms with van der Waals surface area (Å²) >= 11 is 0. The molecule has 0 saturated heterocycles. The monoisotopic (exact) mass is 368 g/mol. The standard InChI is InChI=1S/C20H32O6/c1-18(2)6-5-14(23)19(9-22)12-4-3-10-11(8-21)17(26)20(12,16(10)25)15(24)7-13(18)19/h10-16,21-25H,3-9H2,1-2H3. The van der Waals surface area contributed by atoms with Crippen LogP contribution >= 0.6 is 0 Å². The highest BCUT2D eigenvalue weighted by Gasteiger charge is 2.77. The minimum atomic E-state index is -1.37. The quantitative estimate of drug-likeness (QED) is 0.471. The number of hydrogen-bond acceptors (Lipinski definition) is 6. The largest absolute Gasteiger partial charge is 0.396 e. The van der Waals surface area contributed by atoms with Gasteiger partial charge in [0.15, 0.2) is 0 Å². The highest BCUT2D eigenvalue weighted by Crippen LogP contribution is 2.71. The van der Waals surface area contributed by atoms with Crippen LogP contribution in [0.1, 0.15) is 46.0 Å². The van der Waals surface area contributed by atoms with Gasteiger partial charge in [-0.3, -0.25) is 4.79 Å². The summed E-state index contributed by atoms with van der Waals surface area (Å²) in [6.45, 7) is 3.63. The zero-order chi connectivity index (χ0) is 19.1. The Morgan fingerprint density at radius 1 is 1.00 bits per heavy atom. The second-order valence-electron chi connectivity index (χ2n) is 9.94. The second-order valence-corrected chi connectivity index (χ2v) is 9.94. The number of hydrogen-bond donors (Lipinski definition) is 5. The van der Waals surface area contributed by atoms with Gasteiger partial charge in [0, 0.05) is 11.3 Å². The first-order chi connectivity index (χ1) is 12.2. The molecule has 0 aliphatic heterocycles. The molecule has 2 bridgehead atoms. The van der Waals surface area contributed by atoms with Crippen LogP contribution in [-0.4, -0.2) is 62.8 Å². The number of fused-ring (bicyclic) bond motifs is 3. The Hall–Kier alpha value is -0.530. The molecular weight excluding hydrogens is 336 g/mol. The van der Waals surface area contributed by atoms with E-state index in [-0.39, 0.29) is 42.7 Å². The Morgan fingerprint density at radius 2 is 1.69 bits per heavy atom. The van der Waals surface area contributed by atoms with Gasteiger partial charge in [0.2, 0.25) is 0 Å². The summed E-state index contributed by atoms with van der Waals surface area (Å²) in [6, 6.07) is 0. The van der Waals surface area contributed by atoms with Crippen LogP contribution < -0.4 is 0 Å². The summed E-state index contributed by atoms with van der Waals surface area (Å²) < 4.78 is 0. The van der Waals surface area contributed by atoms with Crippen LogP contribution in [-0.2, 0) is 4.79 Å². The molecule has 4 aliphatic carbocycles. The highest BCUT2D eigenvalue weighted by molar-refractivity contribution is 5.92. The summed E-state index contributed by atoms with van der Waals surface area (Å²) in [5.41, 5.74) is -2.44. The number of rotatable bonds is 2. The Bertz CT molecular complexity index is 605. The summed E-state index contributed by atoms with van der Waals surface area (Å²) in [5.74, 6) is -1.88. The topological polar surface area (TPSA) is 118 Å². The van der Waals surface area contributed by atoms with E-state index in [0.29, 0.717) is 19.3 Å². The molecule has 0 aromatic heterocycles. The summed E-state index contributed by atoms with van der Waals surface area (Å²) in [6.07, 6.45) is -0.0236. The fourth-order valence-electron chi connectivity index (χ4n) is 7.76. The summed E-state index contributed by atoms with van der Waals surface area (Å²) in [7, 11) is 0. The molecule has 9 atom stereocenters. The van der Waals surface area contributed by atoms with Crippen molar-refractivity contribution >= 4 is 5.78 Å². The molecule has 1 spiro atoms. The highest BCUT2D eigenvalue weighted by atomic mass is 16.3. The van der Waals surface area contributed by atoms with Crippen molar-refractivity contribution in [1.29, 1.82) is 0 Å². The number of carbonyl (C=O) groups is 1. The molecule has 0 amide bonds. The van der Waals surface area contributed by atoms with Crippen LogP contribution in [0.25, 0.3) is 0 Å². The molecule has 4 fully saturated rings. The molecule has 4 aliphatic rings. The number of ketones is 1. The van der Waals surface area contributed by atoms with Gasteiger partial charge in [-0.15, -0.1) is 0 Å². The number of Topliss-reactive ketones (excluding diaryl/α,β-unsaturated/α-hetero) is 1. The minimum Gasteiger partial charge on any atom is -0.396 e. The van der Waals surface area contributed by atoms with Crippen molar-refractivity contribution in [2.45, 2.75) is 64.3 Å². The molecule has 6 heteroatoms. The molecule has 6 nitrogen and oxygen atoms in total. The van der Waals surface area contributed by atoms with Gasteiger partial charge in [0.1, 0.15) is 5.78 Å². The Balaban J connectivity index is 1.91. The van der Waals surface area contributed by atoms with Gasteiger partial charge in [-0.2, -0.15) is 0 Å². The van der Waals surface area contributed by atoms with E-state index in [4.69, 9.17) is 0 Å². The lowest BCUT2D eigenvalue weighted by molar-refractivity contribution is -0.267. The lowest BCUT2D eigenvalue weighted by atomic mass is 9.38. The molecule has 5 N–H and O–H groups in total. The van der Waals surface area contributed by atoms with Crippen LogP contribution in [0.3, 0.4) is 0 Å². The SMILES string of the molecule is CC1(C)CCC(O)C2(CO)C1CC(O)C13C(=O)C(CO)C(CCC21)C3O. The number of aliphatic hydroxyl groups is 5. The van der Waals surface area contributed by atoms with Gasteiger partial charge < -0.3 is 25.5 Å². The number of aliphatic hydroxyl groups excluding tert-OH is 5. The molecule has 0 aromatic carbocycles. The van der Waals surface area contributed by atoms with E-state index in [2.05, 4.69) is 13.8 Å². The van der Waals surface area contributed by atoms with Crippen LogP contribution in [0.5, 0.6) is 0 Å². The Morgan fingerprint density at radius 3 is 2.31 bits per heavy atom. The van der Waals surface area contributed by atoms with Crippen LogP contribution in [0.15, 0.2) is 0 Å². The molecule has 148 valence electrons. The van der Waals surface area contributed by atoms with Crippen molar-refractivity contribution in [3.8, 4) is 0 Å². The molecule has 0 radical (unpaired) electrons. The maximum Gasteiger partial charge on any atom is 0.150 e. The fraction of sp³-hybridized carbons (Fsp3) is 0.950. The van der Waals surface area contributed by atoms with E-state index >= 15 is 0 Å². The van der Waals surface area contributed by atoms with Crippen molar-refractivity contribution in [2.75, 3.05) is 13.2 Å². The van der Waals surface area contributed by atoms with E-state index in [1.54, 1.807) is 0 Å². The third kappa shape index (κ3) is 1.88. The zero-order valence-corrected chi connectivity index (χ0v) is 15.6. The third-order valence-corrected chi connectivity index (χ3v) is 8.94. The van der Waals surface area contributed by atoms with Gasteiger partial charge in [0.25, 0.3) is 0 Å². The first-order valence-corrected chi connectivity index (χ1v) is 9.99. The average Bonchev–Trinajstić information content (AvgIpc) is 2.72. The van der Waals surface area contributed by atoms with Crippen molar-refractivity contribution in [1.82, 2.24) is 0 Å². The Kier molecular flexibility index (Phi) is 4.15. The maximum atomic E-state index is 13.4. The molecule has 26 heavy (non-hydrogen) atoms. The predicted octanol–water partition coefficient (Wildman–Crippen LogP) is 0.0915. The van der Waals surface area contributed by atoms with Crippen molar-refractivity contribution in [3.63, 3.8) is 0 Å². The summed E-state index contributed by atoms with van der Waals surface area (Å²) in [4.78, 5) is 13.4. The third-order valence-electron chi connectivity index (χ3n) is 8.94. The lowest BCUT2D eigenvalue weighted by Crippen LogP contribution is -2.71. The lowest BCUT2D eigenvalue weighted by Gasteiger charge is -2.67. The van der Waals surface area contributed by atoms with Gasteiger partial charge >= 0.3 is 0 Å². The molecule has 4 saturated carbocycles. The van der Waals surface area contributed by atoms with Gasteiger partial charge in [0.05, 0.1) is 36.9 Å². The fourth-order valence-corrected chi connectivity index (χ4v) is 7.76. The van der Waals surface area contributed by atoms with E-state index in [0.717, 1.165) is 6.42 Å². The number of carbonyl (C=O) groups excluding carboxylic acids is 1. The predicted molar refractivity (Wildman–Crippen MR) is 92.9 cm³/mol. The van der Waals surface area contributed by atoms with Crippen LogP contribution in [0.4, 0.5) is 0 Å². The molecule has 0 heterocycles. The van der Waals surface area contributed by atoms with Gasteiger partial charge in [-0.25, -0.2) is 0 Å². The molecule has 4 rings (SSSR count). The van der Waals surface area contributed by atoms with Crippen LogP contribution in [0.2, 0.25) is 0 Å². The average molecular weight is 368 g/mol. The van der Waals surface area contributed by atoms with Crippen molar-refractivity contribution in [3.05, 3.63) is 0 Å². The van der Waals surface area contributed by atoms with Crippen molar-refractivity contribution in [2.24, 2.45) is 39.9 Å². The van der Waals surface area contributed by atoms with Crippen LogP contribution in [0, 0.1) is 39.9 Å². The smallest absolute Gasteiger partial charge is 0.150 e. The van der Waals surface area contributed by atoms with Gasteiger partial charge in [-0.05, 0) is 55.3 Å². The first-order valence-electron chi connectivity index (χ1n) is 9.99. The second kappa shape index (κ2) is 5.74. The molecule has 9 unspecified atom stereocenters. The van der Waals surface area contributed by atoms with E-state index in [1.165, 1.54) is 0 Å². The van der Waals surface area contributed by atoms with Crippen molar-refractivity contribution < 1.29 is 30.3 Å². The molecular formula is C20H32O6. The Labute approximate surface area is 154 Å². The minimum absolute atomic E-state index is 0.126. The normalized spacial score (nSPS) is 55.3. The van der Waals surface area contributed by atoms with Gasteiger partial charge in [-0.1, -0.05) is 13.8 Å². The van der Waals surface area contributed by atoms with E-state index < -0.39 is 41.0 Å². The van der Waals surface area contributed by atoms with E-state index in [1.807, 2.05) is 0 Å².